The topological polar surface area (TPSA) is 71.7 Å². The normalized spacial score (nSPS) is 18.1. The van der Waals surface area contributed by atoms with Gasteiger partial charge in [0.25, 0.3) is 0 Å². The summed E-state index contributed by atoms with van der Waals surface area (Å²) in [4.78, 5) is 10.6. The Morgan fingerprint density at radius 2 is 2.04 bits per heavy atom. The second-order valence-corrected chi connectivity index (χ2v) is 8.41. The summed E-state index contributed by atoms with van der Waals surface area (Å²) in [6.45, 7) is 3.48. The van der Waals surface area contributed by atoms with Crippen molar-refractivity contribution in [1.29, 1.82) is 0 Å². The summed E-state index contributed by atoms with van der Waals surface area (Å²) >= 11 is 1.79. The molecule has 3 aromatic rings. The fourth-order valence-electron chi connectivity index (χ4n) is 3.76. The van der Waals surface area contributed by atoms with Gasteiger partial charge >= 0.3 is 0 Å². The van der Waals surface area contributed by atoms with Crippen molar-refractivity contribution in [3.63, 3.8) is 0 Å². The van der Waals surface area contributed by atoms with Crippen LogP contribution in [0, 0.1) is 0 Å². The van der Waals surface area contributed by atoms with Gasteiger partial charge in [0, 0.05) is 39.5 Å². The Labute approximate surface area is 161 Å². The number of hydrogen-bond donors (Lipinski definition) is 0. The lowest BCUT2D eigenvalue weighted by molar-refractivity contribution is 0.112. The first-order valence-electron chi connectivity index (χ1n) is 9.40. The van der Waals surface area contributed by atoms with Crippen molar-refractivity contribution in [2.24, 2.45) is 0 Å². The van der Waals surface area contributed by atoms with Crippen molar-refractivity contribution in [1.82, 2.24) is 24.8 Å². The van der Waals surface area contributed by atoms with Gasteiger partial charge in [0.05, 0.1) is 23.8 Å². The molecule has 0 amide bonds. The van der Waals surface area contributed by atoms with Crippen LogP contribution >= 0.6 is 11.3 Å². The largest absolute Gasteiger partial charge is 0.375 e. The molecule has 0 saturated carbocycles. The predicted octanol–water partition coefficient (Wildman–Crippen LogP) is 2.10. The number of rotatable bonds is 3. The number of anilines is 2. The molecule has 9 heteroatoms. The van der Waals surface area contributed by atoms with Crippen LogP contribution in [0.15, 0.2) is 12.1 Å². The highest BCUT2D eigenvalue weighted by molar-refractivity contribution is 7.15. The average Bonchev–Trinajstić information content (AvgIpc) is 3.31. The molecule has 1 fully saturated rings. The molecule has 27 heavy (non-hydrogen) atoms. The van der Waals surface area contributed by atoms with Gasteiger partial charge in [0.1, 0.15) is 5.82 Å². The maximum absolute atomic E-state index is 5.55. The Bertz CT molecular complexity index is 934. The van der Waals surface area contributed by atoms with E-state index in [0.29, 0.717) is 5.92 Å². The van der Waals surface area contributed by atoms with E-state index in [-0.39, 0.29) is 0 Å². The maximum Gasteiger partial charge on any atom is 0.185 e. The van der Waals surface area contributed by atoms with Crippen molar-refractivity contribution in [2.45, 2.75) is 31.8 Å². The molecule has 5 heterocycles. The standard InChI is InChI=1S/C18H23N7OS/c1-23(2)16-4-3-15-20-21-17(25(15)22-16)12-5-8-24(9-6-12)18-19-13-7-10-26-11-14(13)27-18/h3-4,12H,5-11H2,1-2H3. The van der Waals surface area contributed by atoms with E-state index < -0.39 is 0 Å². The summed E-state index contributed by atoms with van der Waals surface area (Å²) in [5, 5.41) is 14.6. The third-order valence-corrected chi connectivity index (χ3v) is 6.48. The molecule has 0 atom stereocenters. The molecule has 142 valence electrons. The van der Waals surface area contributed by atoms with Crippen LogP contribution in [0.5, 0.6) is 0 Å². The molecule has 8 nitrogen and oxygen atoms in total. The molecule has 2 aliphatic rings. The molecule has 0 N–H and O–H groups in total. The van der Waals surface area contributed by atoms with Crippen LogP contribution in [-0.2, 0) is 17.8 Å². The van der Waals surface area contributed by atoms with Gasteiger partial charge in [-0.1, -0.05) is 11.3 Å². The minimum atomic E-state index is 0.374. The predicted molar refractivity (Wildman–Crippen MR) is 105 cm³/mol. The first-order chi connectivity index (χ1) is 13.2. The van der Waals surface area contributed by atoms with E-state index in [1.807, 2.05) is 35.6 Å². The van der Waals surface area contributed by atoms with Crippen LogP contribution in [0.25, 0.3) is 5.65 Å². The molecule has 0 aromatic carbocycles. The van der Waals surface area contributed by atoms with Crippen LogP contribution in [0.1, 0.15) is 35.2 Å². The van der Waals surface area contributed by atoms with Gasteiger partial charge in [-0.2, -0.15) is 4.52 Å². The number of fused-ring (bicyclic) bond motifs is 2. The Balaban J connectivity index is 1.34. The van der Waals surface area contributed by atoms with E-state index in [4.69, 9.17) is 14.8 Å². The number of ether oxygens (including phenoxy) is 1. The molecular formula is C18H23N7OS. The second kappa shape index (κ2) is 6.72. The highest BCUT2D eigenvalue weighted by Crippen LogP contribution is 2.34. The van der Waals surface area contributed by atoms with Gasteiger partial charge in [-0.15, -0.1) is 15.3 Å². The van der Waals surface area contributed by atoms with Crippen LogP contribution in [0.4, 0.5) is 10.9 Å². The van der Waals surface area contributed by atoms with E-state index in [9.17, 15) is 0 Å². The van der Waals surface area contributed by atoms with E-state index in [1.54, 1.807) is 11.3 Å². The molecule has 0 radical (unpaired) electrons. The summed E-state index contributed by atoms with van der Waals surface area (Å²) in [7, 11) is 3.99. The molecule has 5 rings (SSSR count). The van der Waals surface area contributed by atoms with Crippen LogP contribution in [0.3, 0.4) is 0 Å². The fraction of sp³-hybridized carbons (Fsp3) is 0.556. The molecule has 2 aliphatic heterocycles. The summed E-state index contributed by atoms with van der Waals surface area (Å²) in [5.41, 5.74) is 2.04. The lowest BCUT2D eigenvalue weighted by atomic mass is 9.96. The van der Waals surface area contributed by atoms with Gasteiger partial charge in [0.15, 0.2) is 16.6 Å². The van der Waals surface area contributed by atoms with Crippen molar-refractivity contribution in [3.8, 4) is 0 Å². The van der Waals surface area contributed by atoms with Crippen LogP contribution < -0.4 is 9.80 Å². The van der Waals surface area contributed by atoms with E-state index in [1.165, 1.54) is 10.6 Å². The van der Waals surface area contributed by atoms with Crippen molar-refractivity contribution >= 4 is 27.9 Å². The van der Waals surface area contributed by atoms with E-state index >= 15 is 0 Å². The third kappa shape index (κ3) is 3.04. The zero-order valence-corrected chi connectivity index (χ0v) is 16.4. The monoisotopic (exact) mass is 385 g/mol. The van der Waals surface area contributed by atoms with Gasteiger partial charge < -0.3 is 14.5 Å². The molecule has 0 bridgehead atoms. The highest BCUT2D eigenvalue weighted by Gasteiger charge is 2.27. The van der Waals surface area contributed by atoms with Crippen molar-refractivity contribution in [2.75, 3.05) is 43.6 Å². The van der Waals surface area contributed by atoms with Crippen molar-refractivity contribution in [3.05, 3.63) is 28.5 Å². The zero-order valence-electron chi connectivity index (χ0n) is 15.6. The summed E-state index contributed by atoms with van der Waals surface area (Å²) in [5.74, 6) is 2.26. The Hall–Kier alpha value is -2.26. The minimum Gasteiger partial charge on any atom is -0.375 e. The number of thiazole rings is 1. The van der Waals surface area contributed by atoms with E-state index in [0.717, 1.165) is 68.0 Å². The number of aromatic nitrogens is 5. The first-order valence-corrected chi connectivity index (χ1v) is 10.2. The number of hydrogen-bond acceptors (Lipinski definition) is 8. The van der Waals surface area contributed by atoms with Gasteiger partial charge in [-0.25, -0.2) is 4.98 Å². The Morgan fingerprint density at radius 3 is 2.81 bits per heavy atom. The third-order valence-electron chi connectivity index (χ3n) is 5.34. The smallest absolute Gasteiger partial charge is 0.185 e. The second-order valence-electron chi connectivity index (χ2n) is 7.34. The molecule has 0 unspecified atom stereocenters. The lowest BCUT2D eigenvalue weighted by Gasteiger charge is -2.30. The van der Waals surface area contributed by atoms with Crippen LogP contribution in [0.2, 0.25) is 0 Å². The first kappa shape index (κ1) is 16.9. The SMILES string of the molecule is CN(C)c1ccc2nnc(C3CCN(c4nc5c(s4)COCC5)CC3)n2n1. The Morgan fingerprint density at radius 1 is 1.19 bits per heavy atom. The minimum absolute atomic E-state index is 0.374. The quantitative estimate of drug-likeness (QED) is 0.684. The van der Waals surface area contributed by atoms with Gasteiger partial charge in [-0.05, 0) is 25.0 Å². The van der Waals surface area contributed by atoms with Gasteiger partial charge in [-0.3, -0.25) is 0 Å². The summed E-state index contributed by atoms with van der Waals surface area (Å²) in [6, 6.07) is 3.96. The average molecular weight is 385 g/mol. The number of nitrogens with zero attached hydrogens (tertiary/aromatic N) is 7. The molecule has 1 saturated heterocycles. The molecule has 3 aromatic heterocycles. The zero-order chi connectivity index (χ0) is 18.4. The number of piperidine rings is 1. The van der Waals surface area contributed by atoms with Gasteiger partial charge in [0.2, 0.25) is 0 Å². The lowest BCUT2D eigenvalue weighted by Crippen LogP contribution is -2.33. The maximum atomic E-state index is 5.55. The van der Waals surface area contributed by atoms with Crippen molar-refractivity contribution < 1.29 is 4.74 Å². The summed E-state index contributed by atoms with van der Waals surface area (Å²) in [6.07, 6.45) is 3.01. The van der Waals surface area contributed by atoms with Crippen LogP contribution in [-0.4, -0.2) is 58.6 Å². The van der Waals surface area contributed by atoms with E-state index in [2.05, 4.69) is 15.1 Å². The molecule has 0 spiro atoms. The summed E-state index contributed by atoms with van der Waals surface area (Å²) < 4.78 is 7.47. The molecular weight excluding hydrogens is 362 g/mol. The molecule has 0 aliphatic carbocycles. The Kier molecular flexibility index (Phi) is 4.20. The fourth-order valence-corrected chi connectivity index (χ4v) is 4.86. The highest BCUT2D eigenvalue weighted by atomic mass is 32.1.